The molecule has 5 heteroatoms. The molecule has 4 nitrogen and oxygen atoms in total. The first kappa shape index (κ1) is 14.4. The number of rotatable bonds is 4. The lowest BCUT2D eigenvalue weighted by molar-refractivity contribution is -0.0592. The third-order valence-electron chi connectivity index (χ3n) is 3.51. The number of hydrogen-bond donors (Lipinski definition) is 1. The van der Waals surface area contributed by atoms with E-state index in [2.05, 4.69) is 23.7 Å². The molecular weight excluding hydrogens is 258 g/mol. The fourth-order valence-corrected chi connectivity index (χ4v) is 2.54. The SMILES string of the molecule is CCC1COC(C)CN1Cc1ccnc(C(N)=S)c1. The van der Waals surface area contributed by atoms with Gasteiger partial charge in [0.05, 0.1) is 18.4 Å². The van der Waals surface area contributed by atoms with Crippen molar-refractivity contribution in [1.82, 2.24) is 9.88 Å². The quantitative estimate of drug-likeness (QED) is 0.850. The predicted octanol–water partition coefficient (Wildman–Crippen LogP) is 1.72. The minimum atomic E-state index is 0.291. The van der Waals surface area contributed by atoms with Crippen molar-refractivity contribution in [2.24, 2.45) is 5.73 Å². The molecule has 19 heavy (non-hydrogen) atoms. The van der Waals surface area contributed by atoms with Gasteiger partial charge in [-0.05, 0) is 31.0 Å². The monoisotopic (exact) mass is 279 g/mol. The molecule has 0 radical (unpaired) electrons. The standard InChI is InChI=1S/C14H21N3OS/c1-3-12-9-18-10(2)7-17(12)8-11-4-5-16-13(6-11)14(15)19/h4-6,10,12H,3,7-9H2,1-2H3,(H2,15,19). The van der Waals surface area contributed by atoms with Gasteiger partial charge in [0.15, 0.2) is 0 Å². The maximum absolute atomic E-state index is 5.72. The molecule has 0 aromatic carbocycles. The summed E-state index contributed by atoms with van der Waals surface area (Å²) in [5.41, 5.74) is 7.52. The highest BCUT2D eigenvalue weighted by Gasteiger charge is 2.25. The summed E-state index contributed by atoms with van der Waals surface area (Å²) in [4.78, 5) is 6.99. The van der Waals surface area contributed by atoms with Crippen molar-refractivity contribution in [3.63, 3.8) is 0 Å². The fraction of sp³-hybridized carbons (Fsp3) is 0.571. The van der Waals surface area contributed by atoms with Crippen molar-refractivity contribution in [2.75, 3.05) is 13.2 Å². The molecule has 0 amide bonds. The summed E-state index contributed by atoms with van der Waals surface area (Å²) in [7, 11) is 0. The van der Waals surface area contributed by atoms with E-state index in [0.29, 0.717) is 22.8 Å². The topological polar surface area (TPSA) is 51.4 Å². The Morgan fingerprint density at radius 1 is 1.63 bits per heavy atom. The molecule has 2 N–H and O–H groups in total. The summed E-state index contributed by atoms with van der Waals surface area (Å²) >= 11 is 4.97. The lowest BCUT2D eigenvalue weighted by atomic mass is 10.1. The number of pyridine rings is 1. The summed E-state index contributed by atoms with van der Waals surface area (Å²) in [5.74, 6) is 0. The van der Waals surface area contributed by atoms with Crippen LogP contribution in [0.3, 0.4) is 0 Å². The van der Waals surface area contributed by atoms with Crippen LogP contribution >= 0.6 is 12.2 Å². The molecule has 1 saturated heterocycles. The maximum atomic E-state index is 5.72. The Kier molecular flexibility index (Phi) is 4.85. The minimum Gasteiger partial charge on any atom is -0.388 e. The van der Waals surface area contributed by atoms with Gasteiger partial charge < -0.3 is 10.5 Å². The van der Waals surface area contributed by atoms with Gasteiger partial charge in [-0.3, -0.25) is 9.88 Å². The van der Waals surface area contributed by atoms with Gasteiger partial charge in [0.2, 0.25) is 0 Å². The average Bonchev–Trinajstić information content (AvgIpc) is 2.39. The highest BCUT2D eigenvalue weighted by atomic mass is 32.1. The van der Waals surface area contributed by atoms with Crippen molar-refractivity contribution in [3.8, 4) is 0 Å². The van der Waals surface area contributed by atoms with Crippen LogP contribution in [-0.2, 0) is 11.3 Å². The summed E-state index contributed by atoms with van der Waals surface area (Å²) in [6.45, 7) is 6.98. The Morgan fingerprint density at radius 2 is 2.42 bits per heavy atom. The van der Waals surface area contributed by atoms with E-state index in [4.69, 9.17) is 22.7 Å². The molecule has 0 aliphatic carbocycles. The number of ether oxygens (including phenoxy) is 1. The Hall–Kier alpha value is -1.04. The maximum Gasteiger partial charge on any atom is 0.122 e. The number of aromatic nitrogens is 1. The Balaban J connectivity index is 2.10. The van der Waals surface area contributed by atoms with Crippen molar-refractivity contribution in [3.05, 3.63) is 29.6 Å². The molecular formula is C14H21N3OS. The van der Waals surface area contributed by atoms with Crippen LogP contribution in [0, 0.1) is 0 Å². The molecule has 1 aromatic heterocycles. The summed E-state index contributed by atoms with van der Waals surface area (Å²) in [6, 6.07) is 4.49. The van der Waals surface area contributed by atoms with Crippen LogP contribution in [0.2, 0.25) is 0 Å². The third-order valence-corrected chi connectivity index (χ3v) is 3.72. The highest BCUT2D eigenvalue weighted by Crippen LogP contribution is 2.17. The van der Waals surface area contributed by atoms with E-state index in [1.165, 1.54) is 5.56 Å². The predicted molar refractivity (Wildman–Crippen MR) is 80.0 cm³/mol. The Labute approximate surface area is 120 Å². The second-order valence-electron chi connectivity index (χ2n) is 5.05. The zero-order chi connectivity index (χ0) is 13.8. The average molecular weight is 279 g/mol. The Bertz CT molecular complexity index is 452. The van der Waals surface area contributed by atoms with E-state index in [1.807, 2.05) is 12.1 Å². The van der Waals surface area contributed by atoms with Crippen LogP contribution < -0.4 is 5.73 Å². The summed E-state index contributed by atoms with van der Waals surface area (Å²) in [6.07, 6.45) is 3.16. The number of nitrogens with two attached hydrogens (primary N) is 1. The lowest BCUT2D eigenvalue weighted by Crippen LogP contribution is -2.47. The number of hydrogen-bond acceptors (Lipinski definition) is 4. The van der Waals surface area contributed by atoms with Crippen LogP contribution in [0.5, 0.6) is 0 Å². The number of nitrogens with zero attached hydrogens (tertiary/aromatic N) is 2. The van der Waals surface area contributed by atoms with Crippen LogP contribution in [-0.4, -0.2) is 40.2 Å². The van der Waals surface area contributed by atoms with E-state index >= 15 is 0 Å². The van der Waals surface area contributed by atoms with Gasteiger partial charge in [0, 0.05) is 25.3 Å². The van der Waals surface area contributed by atoms with Gasteiger partial charge >= 0.3 is 0 Å². The van der Waals surface area contributed by atoms with Crippen LogP contribution in [0.4, 0.5) is 0 Å². The van der Waals surface area contributed by atoms with Crippen molar-refractivity contribution in [1.29, 1.82) is 0 Å². The van der Waals surface area contributed by atoms with E-state index in [1.54, 1.807) is 6.20 Å². The van der Waals surface area contributed by atoms with Gasteiger partial charge in [-0.15, -0.1) is 0 Å². The third kappa shape index (κ3) is 3.72. The van der Waals surface area contributed by atoms with Crippen LogP contribution in [0.15, 0.2) is 18.3 Å². The van der Waals surface area contributed by atoms with E-state index < -0.39 is 0 Å². The van der Waals surface area contributed by atoms with E-state index in [9.17, 15) is 0 Å². The van der Waals surface area contributed by atoms with E-state index in [-0.39, 0.29) is 0 Å². The number of morpholine rings is 1. The van der Waals surface area contributed by atoms with Gasteiger partial charge in [0.25, 0.3) is 0 Å². The van der Waals surface area contributed by atoms with Crippen molar-refractivity contribution in [2.45, 2.75) is 39.0 Å². The second kappa shape index (κ2) is 6.41. The molecule has 2 atom stereocenters. The summed E-state index contributed by atoms with van der Waals surface area (Å²) < 4.78 is 5.72. The molecule has 2 unspecified atom stereocenters. The number of thiocarbonyl (C=S) groups is 1. The molecule has 0 spiro atoms. The molecule has 1 aromatic rings. The van der Waals surface area contributed by atoms with Crippen molar-refractivity contribution >= 4 is 17.2 Å². The van der Waals surface area contributed by atoms with Gasteiger partial charge in [0.1, 0.15) is 4.99 Å². The zero-order valence-electron chi connectivity index (χ0n) is 11.5. The first-order valence-corrected chi connectivity index (χ1v) is 7.11. The van der Waals surface area contributed by atoms with Gasteiger partial charge in [-0.25, -0.2) is 0 Å². The minimum absolute atomic E-state index is 0.291. The van der Waals surface area contributed by atoms with Gasteiger partial charge in [-0.1, -0.05) is 19.1 Å². The molecule has 1 aliphatic heterocycles. The summed E-state index contributed by atoms with van der Waals surface area (Å²) in [5, 5.41) is 0. The molecule has 0 bridgehead atoms. The zero-order valence-corrected chi connectivity index (χ0v) is 12.3. The normalized spacial score (nSPS) is 24.3. The first-order chi connectivity index (χ1) is 9.10. The highest BCUT2D eigenvalue weighted by molar-refractivity contribution is 7.80. The van der Waals surface area contributed by atoms with Crippen molar-refractivity contribution < 1.29 is 4.74 Å². The molecule has 2 heterocycles. The smallest absolute Gasteiger partial charge is 0.122 e. The molecule has 0 saturated carbocycles. The van der Waals surface area contributed by atoms with Crippen LogP contribution in [0.1, 0.15) is 31.5 Å². The lowest BCUT2D eigenvalue weighted by Gasteiger charge is -2.38. The molecule has 1 aliphatic rings. The Morgan fingerprint density at radius 3 is 3.11 bits per heavy atom. The van der Waals surface area contributed by atoms with Crippen LogP contribution in [0.25, 0.3) is 0 Å². The molecule has 104 valence electrons. The largest absolute Gasteiger partial charge is 0.388 e. The fourth-order valence-electron chi connectivity index (χ4n) is 2.42. The van der Waals surface area contributed by atoms with Gasteiger partial charge in [-0.2, -0.15) is 0 Å². The first-order valence-electron chi connectivity index (χ1n) is 6.70. The molecule has 2 rings (SSSR count). The second-order valence-corrected chi connectivity index (χ2v) is 5.49. The molecule has 1 fully saturated rings. The van der Waals surface area contributed by atoms with E-state index in [0.717, 1.165) is 26.1 Å².